The molecule has 98 valence electrons. The number of hydrogen-bond donors (Lipinski definition) is 1. The minimum Gasteiger partial charge on any atom is -0.476 e. The van der Waals surface area contributed by atoms with Crippen LogP contribution in [0, 0.1) is 0 Å². The van der Waals surface area contributed by atoms with Crippen LogP contribution in [0.3, 0.4) is 0 Å². The summed E-state index contributed by atoms with van der Waals surface area (Å²) in [7, 11) is 0. The summed E-state index contributed by atoms with van der Waals surface area (Å²) in [4.78, 5) is 23.0. The highest BCUT2D eigenvalue weighted by molar-refractivity contribution is 5.85. The van der Waals surface area contributed by atoms with Crippen molar-refractivity contribution in [3.8, 4) is 17.1 Å². The van der Waals surface area contributed by atoms with Crippen LogP contribution in [0.4, 0.5) is 0 Å². The predicted molar refractivity (Wildman–Crippen MR) is 71.5 cm³/mol. The van der Waals surface area contributed by atoms with E-state index in [9.17, 15) is 4.79 Å². The van der Waals surface area contributed by atoms with Crippen LogP contribution in [0.25, 0.3) is 17.1 Å². The van der Waals surface area contributed by atoms with E-state index in [1.54, 1.807) is 10.6 Å². The highest BCUT2D eigenvalue weighted by atomic mass is 16.4. The fourth-order valence-electron chi connectivity index (χ4n) is 1.81. The van der Waals surface area contributed by atoms with E-state index >= 15 is 0 Å². The van der Waals surface area contributed by atoms with Crippen molar-refractivity contribution >= 4 is 5.97 Å². The normalized spacial score (nSPS) is 10.4. The van der Waals surface area contributed by atoms with Gasteiger partial charge in [-0.2, -0.15) is 0 Å². The molecule has 6 heteroatoms. The number of benzene rings is 1. The molecule has 0 atom stereocenters. The lowest BCUT2D eigenvalue weighted by Crippen LogP contribution is -1.98. The van der Waals surface area contributed by atoms with E-state index in [2.05, 4.69) is 15.0 Å². The van der Waals surface area contributed by atoms with Gasteiger partial charge in [0, 0.05) is 17.8 Å². The number of hydrogen-bond acceptors (Lipinski definition) is 4. The van der Waals surface area contributed by atoms with Crippen LogP contribution in [0.1, 0.15) is 10.5 Å². The number of rotatable bonds is 3. The Bertz CT molecular complexity index is 753. The Morgan fingerprint density at radius 3 is 2.60 bits per heavy atom. The number of carboxylic acid groups (broad SMARTS) is 1. The van der Waals surface area contributed by atoms with Gasteiger partial charge in [-0.25, -0.2) is 19.7 Å². The minimum absolute atomic E-state index is 0.0233. The maximum absolute atomic E-state index is 10.8. The van der Waals surface area contributed by atoms with Crippen molar-refractivity contribution in [1.29, 1.82) is 0 Å². The average molecular weight is 266 g/mol. The van der Waals surface area contributed by atoms with Crippen LogP contribution < -0.4 is 0 Å². The number of nitrogens with zero attached hydrogens (tertiary/aromatic N) is 4. The molecule has 2 aromatic heterocycles. The van der Waals surface area contributed by atoms with Gasteiger partial charge in [0.05, 0.1) is 5.69 Å². The number of imidazole rings is 1. The zero-order chi connectivity index (χ0) is 13.9. The summed E-state index contributed by atoms with van der Waals surface area (Å²) in [5.41, 5.74) is 1.71. The van der Waals surface area contributed by atoms with Crippen LogP contribution in [-0.2, 0) is 0 Å². The van der Waals surface area contributed by atoms with Crippen molar-refractivity contribution in [2.24, 2.45) is 0 Å². The van der Waals surface area contributed by atoms with Crippen molar-refractivity contribution in [3.05, 3.63) is 60.9 Å². The molecule has 20 heavy (non-hydrogen) atoms. The SMILES string of the molecule is O=C(O)c1cn(-c2cc(-c3ccccc3)ncn2)cn1. The standard InChI is InChI=1S/C14H10N4O2/c19-14(20)12-7-18(9-17-12)13-6-11(15-8-16-13)10-4-2-1-3-5-10/h1-9H,(H,19,20). The Labute approximate surface area is 114 Å². The first-order valence-electron chi connectivity index (χ1n) is 5.89. The molecule has 0 aliphatic heterocycles. The largest absolute Gasteiger partial charge is 0.476 e. The van der Waals surface area contributed by atoms with E-state index < -0.39 is 5.97 Å². The highest BCUT2D eigenvalue weighted by Crippen LogP contribution is 2.17. The molecule has 0 amide bonds. The van der Waals surface area contributed by atoms with Gasteiger partial charge in [-0.05, 0) is 0 Å². The van der Waals surface area contributed by atoms with E-state index in [0.717, 1.165) is 11.3 Å². The van der Waals surface area contributed by atoms with Gasteiger partial charge in [0.25, 0.3) is 0 Å². The summed E-state index contributed by atoms with van der Waals surface area (Å²) in [6.45, 7) is 0. The van der Waals surface area contributed by atoms with Crippen LogP contribution in [0.15, 0.2) is 55.2 Å². The summed E-state index contributed by atoms with van der Waals surface area (Å²) in [6.07, 6.45) is 4.28. The highest BCUT2D eigenvalue weighted by Gasteiger charge is 2.09. The van der Waals surface area contributed by atoms with Crippen LogP contribution in [-0.4, -0.2) is 30.6 Å². The number of aromatic carboxylic acids is 1. The summed E-state index contributed by atoms with van der Waals surface area (Å²) in [6, 6.07) is 11.5. The maximum Gasteiger partial charge on any atom is 0.356 e. The number of carboxylic acids is 1. The zero-order valence-corrected chi connectivity index (χ0v) is 10.3. The zero-order valence-electron chi connectivity index (χ0n) is 10.3. The molecule has 0 spiro atoms. The van der Waals surface area contributed by atoms with Crippen LogP contribution in [0.2, 0.25) is 0 Å². The molecular formula is C14H10N4O2. The van der Waals surface area contributed by atoms with Gasteiger partial charge in [-0.1, -0.05) is 30.3 Å². The third-order valence-electron chi connectivity index (χ3n) is 2.79. The lowest BCUT2D eigenvalue weighted by Gasteiger charge is -2.04. The molecule has 3 aromatic rings. The third kappa shape index (κ3) is 2.26. The summed E-state index contributed by atoms with van der Waals surface area (Å²) < 4.78 is 1.55. The second kappa shape index (κ2) is 4.93. The van der Waals surface area contributed by atoms with E-state index in [4.69, 9.17) is 5.11 Å². The van der Waals surface area contributed by atoms with Crippen LogP contribution in [0.5, 0.6) is 0 Å². The molecule has 0 unspecified atom stereocenters. The average Bonchev–Trinajstić information content (AvgIpc) is 2.98. The molecular weight excluding hydrogens is 256 g/mol. The molecule has 0 aliphatic carbocycles. The summed E-state index contributed by atoms with van der Waals surface area (Å²) >= 11 is 0. The molecule has 1 aromatic carbocycles. The topological polar surface area (TPSA) is 80.9 Å². The smallest absolute Gasteiger partial charge is 0.356 e. The quantitative estimate of drug-likeness (QED) is 0.784. The van der Waals surface area contributed by atoms with E-state index in [0.29, 0.717) is 5.82 Å². The predicted octanol–water partition coefficient (Wildman–Crippen LogP) is 2.03. The summed E-state index contributed by atoms with van der Waals surface area (Å²) in [5.74, 6) is -0.500. The van der Waals surface area contributed by atoms with Crippen molar-refractivity contribution < 1.29 is 9.90 Å². The number of carbonyl (C=O) groups is 1. The molecule has 2 heterocycles. The van der Waals surface area contributed by atoms with Crippen molar-refractivity contribution in [3.63, 3.8) is 0 Å². The van der Waals surface area contributed by atoms with Gasteiger partial charge >= 0.3 is 5.97 Å². The van der Waals surface area contributed by atoms with Gasteiger partial charge in [0.2, 0.25) is 0 Å². The monoisotopic (exact) mass is 266 g/mol. The molecule has 1 N–H and O–H groups in total. The van der Waals surface area contributed by atoms with Gasteiger partial charge in [0.1, 0.15) is 18.5 Å². The van der Waals surface area contributed by atoms with E-state index in [-0.39, 0.29) is 5.69 Å². The van der Waals surface area contributed by atoms with Crippen LogP contribution >= 0.6 is 0 Å². The first-order chi connectivity index (χ1) is 9.74. The van der Waals surface area contributed by atoms with E-state index in [1.807, 2.05) is 30.3 Å². The molecule has 3 rings (SSSR count). The summed E-state index contributed by atoms with van der Waals surface area (Å²) in [5, 5.41) is 8.87. The molecule has 0 saturated heterocycles. The van der Waals surface area contributed by atoms with Gasteiger partial charge < -0.3 is 5.11 Å². The fraction of sp³-hybridized carbons (Fsp3) is 0. The van der Waals surface area contributed by atoms with Gasteiger partial charge in [-0.15, -0.1) is 0 Å². The maximum atomic E-state index is 10.8. The Morgan fingerprint density at radius 1 is 1.10 bits per heavy atom. The molecule has 0 aliphatic rings. The van der Waals surface area contributed by atoms with E-state index in [1.165, 1.54) is 18.9 Å². The first kappa shape index (κ1) is 12.0. The molecule has 0 bridgehead atoms. The molecule has 6 nitrogen and oxygen atoms in total. The molecule has 0 fully saturated rings. The first-order valence-corrected chi connectivity index (χ1v) is 5.89. The Morgan fingerprint density at radius 2 is 1.90 bits per heavy atom. The second-order valence-electron chi connectivity index (χ2n) is 4.10. The Kier molecular flexibility index (Phi) is 2.96. The molecule has 0 radical (unpaired) electrons. The van der Waals surface area contributed by atoms with Gasteiger partial charge in [0.15, 0.2) is 5.69 Å². The fourth-order valence-corrected chi connectivity index (χ4v) is 1.81. The van der Waals surface area contributed by atoms with Gasteiger partial charge in [-0.3, -0.25) is 4.57 Å². The van der Waals surface area contributed by atoms with Crippen molar-refractivity contribution in [2.45, 2.75) is 0 Å². The van der Waals surface area contributed by atoms with Crippen molar-refractivity contribution in [2.75, 3.05) is 0 Å². The Balaban J connectivity index is 2.01. The lowest BCUT2D eigenvalue weighted by molar-refractivity contribution is 0.0691. The molecule has 0 saturated carbocycles. The third-order valence-corrected chi connectivity index (χ3v) is 2.79. The lowest BCUT2D eigenvalue weighted by atomic mass is 10.1. The van der Waals surface area contributed by atoms with Crippen molar-refractivity contribution in [1.82, 2.24) is 19.5 Å². The number of aromatic nitrogens is 4. The second-order valence-corrected chi connectivity index (χ2v) is 4.10. The minimum atomic E-state index is -1.07. The Hall–Kier alpha value is -3.02.